The molecule has 2 aliphatic heterocycles. The first-order valence-electron chi connectivity index (χ1n) is 10.9. The lowest BCUT2D eigenvalue weighted by Crippen LogP contribution is -2.29. The van der Waals surface area contributed by atoms with Gasteiger partial charge in [-0.15, -0.1) is 0 Å². The number of benzene rings is 2. The number of thioether (sulfide) groups is 1. The number of anilines is 2. The molecule has 166 valence electrons. The van der Waals surface area contributed by atoms with Gasteiger partial charge in [-0.1, -0.05) is 74.8 Å². The highest BCUT2D eigenvalue weighted by Crippen LogP contribution is 2.45. The molecule has 0 atom stereocenters. The molecule has 7 heteroatoms. The van der Waals surface area contributed by atoms with Crippen molar-refractivity contribution in [3.05, 3.63) is 59.0 Å². The molecular formula is C25H26N2O3S2. The van der Waals surface area contributed by atoms with Gasteiger partial charge in [0.1, 0.15) is 5.75 Å². The van der Waals surface area contributed by atoms with E-state index < -0.39 is 0 Å². The van der Waals surface area contributed by atoms with E-state index in [1.807, 2.05) is 29.2 Å². The first-order chi connectivity index (χ1) is 15.6. The maximum atomic E-state index is 13.5. The van der Waals surface area contributed by atoms with Gasteiger partial charge >= 0.3 is 0 Å². The van der Waals surface area contributed by atoms with Gasteiger partial charge in [0.25, 0.3) is 11.8 Å². The maximum Gasteiger partial charge on any atom is 0.271 e. The first-order valence-corrected chi connectivity index (χ1v) is 12.1. The fourth-order valence-corrected chi connectivity index (χ4v) is 5.44. The topological polar surface area (TPSA) is 49.9 Å². The van der Waals surface area contributed by atoms with Crippen LogP contribution in [0, 0.1) is 0 Å². The third kappa shape index (κ3) is 4.19. The number of amides is 2. The Labute approximate surface area is 198 Å². The number of thiocarbonyl (C=S) groups is 1. The van der Waals surface area contributed by atoms with Crippen LogP contribution >= 0.6 is 24.0 Å². The first kappa shape index (κ1) is 22.6. The Balaban J connectivity index is 1.64. The average Bonchev–Trinajstić information content (AvgIpc) is 3.25. The minimum atomic E-state index is -0.256. The zero-order valence-electron chi connectivity index (χ0n) is 18.3. The van der Waals surface area contributed by atoms with Gasteiger partial charge in [-0.05, 0) is 36.8 Å². The molecule has 0 aromatic heterocycles. The molecule has 0 N–H and O–H groups in total. The Hall–Kier alpha value is -2.64. The van der Waals surface area contributed by atoms with E-state index in [-0.39, 0.29) is 11.8 Å². The summed E-state index contributed by atoms with van der Waals surface area (Å²) in [6, 6.07) is 14.9. The van der Waals surface area contributed by atoms with Gasteiger partial charge in [0.15, 0.2) is 4.32 Å². The van der Waals surface area contributed by atoms with Crippen molar-refractivity contribution < 1.29 is 14.3 Å². The van der Waals surface area contributed by atoms with Crippen molar-refractivity contribution >= 4 is 57.1 Å². The molecule has 2 aromatic rings. The number of para-hydroxylation sites is 1. The number of hydrogen-bond acceptors (Lipinski definition) is 5. The van der Waals surface area contributed by atoms with E-state index in [2.05, 4.69) is 6.92 Å². The highest BCUT2D eigenvalue weighted by molar-refractivity contribution is 8.27. The van der Waals surface area contributed by atoms with Gasteiger partial charge in [0, 0.05) is 12.1 Å². The third-order valence-corrected chi connectivity index (χ3v) is 7.11. The van der Waals surface area contributed by atoms with Crippen LogP contribution in [0.3, 0.4) is 0 Å². The predicted octanol–water partition coefficient (Wildman–Crippen LogP) is 5.79. The van der Waals surface area contributed by atoms with E-state index in [0.717, 1.165) is 24.1 Å². The summed E-state index contributed by atoms with van der Waals surface area (Å²) >= 11 is 6.73. The summed E-state index contributed by atoms with van der Waals surface area (Å²) in [6.07, 6.45) is 5.61. The van der Waals surface area contributed by atoms with Gasteiger partial charge in [0.05, 0.1) is 29.0 Å². The Morgan fingerprint density at radius 3 is 2.38 bits per heavy atom. The maximum absolute atomic E-state index is 13.5. The van der Waals surface area contributed by atoms with Crippen LogP contribution in [0.4, 0.5) is 11.4 Å². The highest BCUT2D eigenvalue weighted by atomic mass is 32.2. The van der Waals surface area contributed by atoms with Crippen LogP contribution in [0.25, 0.3) is 5.57 Å². The van der Waals surface area contributed by atoms with Crippen LogP contribution in [-0.2, 0) is 9.59 Å². The van der Waals surface area contributed by atoms with Gasteiger partial charge in [0.2, 0.25) is 0 Å². The summed E-state index contributed by atoms with van der Waals surface area (Å²) in [5.74, 6) is 0.331. The van der Waals surface area contributed by atoms with Crippen molar-refractivity contribution in [2.45, 2.75) is 39.0 Å². The second-order valence-electron chi connectivity index (χ2n) is 7.80. The number of rotatable bonds is 8. The van der Waals surface area contributed by atoms with E-state index in [1.54, 1.807) is 31.4 Å². The standard InChI is InChI=1S/C25H26N2O3S2/c1-3-4-5-6-9-16-26-20-11-8-7-10-19(20)21(23(26)28)22-24(29)27(25(31)32-22)17-12-14-18(30-2)15-13-17/h7-8,10-15H,3-6,9,16H2,1-2H3. The molecule has 2 aliphatic rings. The largest absolute Gasteiger partial charge is 0.497 e. The number of methoxy groups -OCH3 is 1. The molecule has 4 rings (SSSR count). The van der Waals surface area contributed by atoms with Crippen molar-refractivity contribution in [3.63, 3.8) is 0 Å². The molecule has 2 amide bonds. The van der Waals surface area contributed by atoms with Crippen molar-refractivity contribution in [1.82, 2.24) is 0 Å². The summed E-state index contributed by atoms with van der Waals surface area (Å²) in [6.45, 7) is 2.84. The molecule has 0 aliphatic carbocycles. The summed E-state index contributed by atoms with van der Waals surface area (Å²) in [4.78, 5) is 30.6. The Bertz CT molecular complexity index is 1080. The van der Waals surface area contributed by atoms with Crippen molar-refractivity contribution in [2.75, 3.05) is 23.5 Å². The summed E-state index contributed by atoms with van der Waals surface area (Å²) in [7, 11) is 1.59. The number of carbonyl (C=O) groups is 2. The highest BCUT2D eigenvalue weighted by Gasteiger charge is 2.42. The lowest BCUT2D eigenvalue weighted by atomic mass is 10.1. The smallest absolute Gasteiger partial charge is 0.271 e. The predicted molar refractivity (Wildman–Crippen MR) is 135 cm³/mol. The molecule has 5 nitrogen and oxygen atoms in total. The molecule has 2 heterocycles. The van der Waals surface area contributed by atoms with E-state index in [4.69, 9.17) is 17.0 Å². The molecule has 0 unspecified atom stereocenters. The Kier molecular flexibility index (Phi) is 6.96. The fraction of sp³-hybridized carbons (Fsp3) is 0.320. The van der Waals surface area contributed by atoms with Crippen LogP contribution in [-0.4, -0.2) is 29.8 Å². The SMILES string of the molecule is CCCCCCCN1C(=O)C(=C2SC(=S)N(c3ccc(OC)cc3)C2=O)c2ccccc21. The van der Waals surface area contributed by atoms with Crippen molar-refractivity contribution in [2.24, 2.45) is 0 Å². The van der Waals surface area contributed by atoms with Crippen molar-refractivity contribution in [1.29, 1.82) is 0 Å². The molecule has 1 saturated heterocycles. The fourth-order valence-electron chi connectivity index (χ4n) is 4.07. The minimum Gasteiger partial charge on any atom is -0.497 e. The van der Waals surface area contributed by atoms with Crippen LogP contribution in [0.2, 0.25) is 0 Å². The second kappa shape index (κ2) is 9.88. The number of fused-ring (bicyclic) bond motifs is 1. The van der Waals surface area contributed by atoms with Crippen molar-refractivity contribution in [3.8, 4) is 5.75 Å². The molecule has 1 fully saturated rings. The molecule has 32 heavy (non-hydrogen) atoms. The minimum absolute atomic E-state index is 0.114. The van der Waals surface area contributed by atoms with E-state index >= 15 is 0 Å². The van der Waals surface area contributed by atoms with Gasteiger partial charge in [-0.3, -0.25) is 14.5 Å². The number of carbonyl (C=O) groups excluding carboxylic acids is 2. The van der Waals surface area contributed by atoms with Crippen LogP contribution in [0.1, 0.15) is 44.6 Å². The van der Waals surface area contributed by atoms with E-state index in [1.165, 1.54) is 35.9 Å². The molecular weight excluding hydrogens is 440 g/mol. The van der Waals surface area contributed by atoms with Crippen LogP contribution < -0.4 is 14.5 Å². The third-order valence-electron chi connectivity index (χ3n) is 5.74. The Morgan fingerprint density at radius 1 is 0.938 bits per heavy atom. The van der Waals surface area contributed by atoms with Gasteiger partial charge in [-0.25, -0.2) is 0 Å². The lowest BCUT2D eigenvalue weighted by Gasteiger charge is -2.17. The monoisotopic (exact) mass is 466 g/mol. The van der Waals surface area contributed by atoms with Crippen LogP contribution in [0.5, 0.6) is 5.75 Å². The number of hydrogen-bond donors (Lipinski definition) is 0. The van der Waals surface area contributed by atoms with E-state index in [9.17, 15) is 9.59 Å². The van der Waals surface area contributed by atoms with Crippen LogP contribution in [0.15, 0.2) is 53.4 Å². The quantitative estimate of drug-likeness (QED) is 0.280. The van der Waals surface area contributed by atoms with E-state index in [0.29, 0.717) is 32.8 Å². The Morgan fingerprint density at radius 2 is 1.66 bits per heavy atom. The normalized spacial score (nSPS) is 18.0. The lowest BCUT2D eigenvalue weighted by molar-refractivity contribution is -0.115. The number of ether oxygens (including phenoxy) is 1. The summed E-state index contributed by atoms with van der Waals surface area (Å²) in [5.41, 5.74) is 2.80. The molecule has 0 spiro atoms. The second-order valence-corrected chi connectivity index (χ2v) is 9.44. The number of unbranched alkanes of at least 4 members (excludes halogenated alkanes) is 4. The van der Waals surface area contributed by atoms with Gasteiger partial charge < -0.3 is 9.64 Å². The number of nitrogens with zero attached hydrogens (tertiary/aromatic N) is 2. The zero-order valence-corrected chi connectivity index (χ0v) is 19.9. The summed E-state index contributed by atoms with van der Waals surface area (Å²) < 4.78 is 5.63. The zero-order chi connectivity index (χ0) is 22.7. The van der Waals surface area contributed by atoms with Gasteiger partial charge in [-0.2, -0.15) is 0 Å². The molecule has 0 bridgehead atoms. The summed E-state index contributed by atoms with van der Waals surface area (Å²) in [5, 5.41) is 0. The average molecular weight is 467 g/mol. The molecule has 2 aromatic carbocycles. The molecule has 0 radical (unpaired) electrons. The molecule has 0 saturated carbocycles.